The molecule has 1 heterocycles. The smallest absolute Gasteiger partial charge is 0.303 e. The molecule has 0 radical (unpaired) electrons. The molecule has 0 saturated heterocycles. The lowest BCUT2D eigenvalue weighted by molar-refractivity contribution is -0.136. The van der Waals surface area contributed by atoms with Crippen LogP contribution in [0.3, 0.4) is 0 Å². The monoisotopic (exact) mass is 387 g/mol. The van der Waals surface area contributed by atoms with E-state index < -0.39 is 5.97 Å². The highest BCUT2D eigenvalue weighted by Crippen LogP contribution is 2.34. The van der Waals surface area contributed by atoms with Crippen LogP contribution in [0.2, 0.25) is 0 Å². The fraction of sp³-hybridized carbons (Fsp3) is 0.429. The van der Waals surface area contributed by atoms with E-state index in [-0.39, 0.29) is 6.42 Å². The minimum atomic E-state index is -0.810. The predicted molar refractivity (Wildman–Crippen MR) is 106 cm³/mol. The van der Waals surface area contributed by atoms with Crippen LogP contribution in [0.1, 0.15) is 43.4 Å². The Labute approximate surface area is 164 Å². The van der Waals surface area contributed by atoms with Gasteiger partial charge in [0.05, 0.1) is 17.8 Å². The van der Waals surface area contributed by atoms with Gasteiger partial charge in [0.15, 0.2) is 11.5 Å². The molecule has 0 atom stereocenters. The minimum absolute atomic E-state index is 0.0960. The van der Waals surface area contributed by atoms with E-state index in [1.807, 2.05) is 42.1 Å². The van der Waals surface area contributed by atoms with Crippen molar-refractivity contribution in [2.75, 3.05) is 7.11 Å². The molecule has 3 rings (SSSR count). The number of carboxylic acids is 1. The number of hydrogen-bond acceptors (Lipinski definition) is 5. The Balaban J connectivity index is 1.61. The van der Waals surface area contributed by atoms with Crippen molar-refractivity contribution in [1.29, 1.82) is 0 Å². The lowest BCUT2D eigenvalue weighted by Crippen LogP contribution is -2.02. The number of pyridine rings is 1. The summed E-state index contributed by atoms with van der Waals surface area (Å²) in [6, 6.07) is 11.6. The summed E-state index contributed by atoms with van der Waals surface area (Å²) in [5.74, 6) is 0.428. The zero-order valence-corrected chi connectivity index (χ0v) is 16.3. The second-order valence-corrected chi connectivity index (χ2v) is 7.98. The fourth-order valence-electron chi connectivity index (χ4n) is 3.17. The van der Waals surface area contributed by atoms with Crippen LogP contribution in [0.5, 0.6) is 11.5 Å². The third-order valence-corrected chi connectivity index (χ3v) is 5.88. The van der Waals surface area contributed by atoms with Crippen LogP contribution in [0.15, 0.2) is 41.4 Å². The number of thioether (sulfide) groups is 1. The number of aryl methyl sites for hydroxylation is 1. The average Bonchev–Trinajstić information content (AvgIpc) is 3.18. The first-order valence-electron chi connectivity index (χ1n) is 9.28. The Hall–Kier alpha value is -2.21. The summed E-state index contributed by atoms with van der Waals surface area (Å²) < 4.78 is 11.3. The molecule has 1 N–H and O–H groups in total. The second-order valence-electron chi connectivity index (χ2n) is 6.66. The van der Waals surface area contributed by atoms with Crippen molar-refractivity contribution < 1.29 is 19.4 Å². The molecule has 1 aromatic heterocycles. The molecule has 1 aromatic carbocycles. The van der Waals surface area contributed by atoms with Gasteiger partial charge < -0.3 is 14.6 Å². The first-order valence-corrected chi connectivity index (χ1v) is 10.2. The van der Waals surface area contributed by atoms with Crippen LogP contribution in [0.4, 0.5) is 0 Å². The Kier molecular flexibility index (Phi) is 6.98. The van der Waals surface area contributed by atoms with Crippen molar-refractivity contribution in [3.05, 3.63) is 47.7 Å². The van der Waals surface area contributed by atoms with Gasteiger partial charge in [-0.25, -0.2) is 4.98 Å². The summed E-state index contributed by atoms with van der Waals surface area (Å²) in [4.78, 5) is 15.4. The molecule has 0 spiro atoms. The van der Waals surface area contributed by atoms with Crippen molar-refractivity contribution in [3.63, 3.8) is 0 Å². The van der Waals surface area contributed by atoms with Gasteiger partial charge in [0.2, 0.25) is 0 Å². The van der Waals surface area contributed by atoms with Crippen molar-refractivity contribution >= 4 is 17.7 Å². The number of hydrogen-bond donors (Lipinski definition) is 1. The topological polar surface area (TPSA) is 68.7 Å². The summed E-state index contributed by atoms with van der Waals surface area (Å²) in [5.41, 5.74) is 1.80. The highest BCUT2D eigenvalue weighted by molar-refractivity contribution is 7.99. The number of nitrogens with zero attached hydrogens (tertiary/aromatic N) is 1. The van der Waals surface area contributed by atoms with Gasteiger partial charge in [-0.1, -0.05) is 25.0 Å². The van der Waals surface area contributed by atoms with E-state index in [4.69, 9.17) is 19.6 Å². The predicted octanol–water partition coefficient (Wildman–Crippen LogP) is 4.72. The van der Waals surface area contributed by atoms with E-state index in [0.717, 1.165) is 16.3 Å². The molecule has 0 amide bonds. The number of rotatable bonds is 9. The zero-order chi connectivity index (χ0) is 19.1. The molecule has 0 bridgehead atoms. The van der Waals surface area contributed by atoms with Crippen LogP contribution < -0.4 is 9.47 Å². The number of aromatic nitrogens is 1. The van der Waals surface area contributed by atoms with Gasteiger partial charge in [-0.15, -0.1) is 11.8 Å². The first-order chi connectivity index (χ1) is 13.1. The summed E-state index contributed by atoms with van der Waals surface area (Å²) in [5, 5.41) is 10.6. The Morgan fingerprint density at radius 2 is 2.04 bits per heavy atom. The third kappa shape index (κ3) is 5.89. The third-order valence-electron chi connectivity index (χ3n) is 4.60. The van der Waals surface area contributed by atoms with Gasteiger partial charge in [-0.3, -0.25) is 4.79 Å². The maximum Gasteiger partial charge on any atom is 0.303 e. The Morgan fingerprint density at radius 3 is 2.78 bits per heavy atom. The molecule has 5 nitrogen and oxygen atoms in total. The van der Waals surface area contributed by atoms with Gasteiger partial charge in [-0.05, 0) is 49.1 Å². The van der Waals surface area contributed by atoms with Gasteiger partial charge in [0, 0.05) is 11.7 Å². The van der Waals surface area contributed by atoms with Crippen LogP contribution in [0.25, 0.3) is 0 Å². The van der Waals surface area contributed by atoms with Gasteiger partial charge in [0.1, 0.15) is 6.61 Å². The normalized spacial score (nSPS) is 14.3. The number of carbonyl (C=O) groups is 1. The zero-order valence-electron chi connectivity index (χ0n) is 15.5. The highest BCUT2D eigenvalue weighted by Gasteiger charge is 2.17. The molecular weight excluding hydrogens is 362 g/mol. The number of carboxylic acid groups (broad SMARTS) is 1. The van der Waals surface area contributed by atoms with E-state index in [9.17, 15) is 4.79 Å². The second kappa shape index (κ2) is 9.65. The molecule has 1 fully saturated rings. The molecule has 0 aliphatic heterocycles. The molecule has 0 unspecified atom stereocenters. The molecule has 1 saturated carbocycles. The van der Waals surface area contributed by atoms with Gasteiger partial charge in [-0.2, -0.15) is 0 Å². The summed E-state index contributed by atoms with van der Waals surface area (Å²) in [6.45, 7) is 0.365. The molecule has 144 valence electrons. The largest absolute Gasteiger partial charge is 0.493 e. The first kappa shape index (κ1) is 19.5. The lowest BCUT2D eigenvalue weighted by atomic mass is 10.1. The Bertz CT molecular complexity index is 775. The molecule has 6 heteroatoms. The van der Waals surface area contributed by atoms with Crippen molar-refractivity contribution in [1.82, 2.24) is 4.98 Å². The highest BCUT2D eigenvalue weighted by atomic mass is 32.2. The van der Waals surface area contributed by atoms with Crippen LogP contribution >= 0.6 is 11.8 Å². The minimum Gasteiger partial charge on any atom is -0.493 e. The number of aliphatic carboxylic acids is 1. The van der Waals surface area contributed by atoms with E-state index in [2.05, 4.69) is 6.07 Å². The van der Waals surface area contributed by atoms with E-state index >= 15 is 0 Å². The van der Waals surface area contributed by atoms with Crippen molar-refractivity contribution in [2.45, 2.75) is 55.4 Å². The quantitative estimate of drug-likeness (QED) is 0.671. The molecular formula is C21H25NO4S. The standard InChI is InChI=1S/C21H25NO4S/c1-25-19-13-15(10-12-21(23)24)9-11-18(19)26-14-16-5-4-8-20(22-16)27-17-6-2-3-7-17/h4-5,8-9,11,13,17H,2-3,6-7,10,12,14H2,1H3,(H,23,24). The van der Waals surface area contributed by atoms with Gasteiger partial charge >= 0.3 is 5.97 Å². The number of benzene rings is 1. The molecule has 27 heavy (non-hydrogen) atoms. The van der Waals surface area contributed by atoms with Crippen molar-refractivity contribution in [2.24, 2.45) is 0 Å². The molecule has 1 aliphatic carbocycles. The average molecular weight is 388 g/mol. The SMILES string of the molecule is COc1cc(CCC(=O)O)ccc1OCc1cccc(SC2CCCC2)n1. The van der Waals surface area contributed by atoms with Crippen molar-refractivity contribution in [3.8, 4) is 11.5 Å². The van der Waals surface area contributed by atoms with E-state index in [1.165, 1.54) is 25.7 Å². The number of ether oxygens (including phenoxy) is 2. The summed E-state index contributed by atoms with van der Waals surface area (Å²) in [6.07, 6.45) is 5.76. The Morgan fingerprint density at radius 1 is 1.22 bits per heavy atom. The molecule has 1 aliphatic rings. The maximum absolute atomic E-state index is 10.7. The number of methoxy groups -OCH3 is 1. The van der Waals surface area contributed by atoms with Crippen LogP contribution in [0, 0.1) is 0 Å². The van der Waals surface area contributed by atoms with Gasteiger partial charge in [0.25, 0.3) is 0 Å². The maximum atomic E-state index is 10.7. The van der Waals surface area contributed by atoms with E-state index in [0.29, 0.717) is 29.8 Å². The summed E-state index contributed by atoms with van der Waals surface area (Å²) >= 11 is 1.87. The fourth-order valence-corrected chi connectivity index (χ4v) is 4.41. The lowest BCUT2D eigenvalue weighted by Gasteiger charge is -2.13. The van der Waals surface area contributed by atoms with E-state index in [1.54, 1.807) is 7.11 Å². The van der Waals surface area contributed by atoms with Crippen LogP contribution in [-0.4, -0.2) is 28.4 Å². The molecule has 2 aromatic rings. The summed E-state index contributed by atoms with van der Waals surface area (Å²) in [7, 11) is 1.58. The van der Waals surface area contributed by atoms with Crippen LogP contribution in [-0.2, 0) is 17.8 Å².